The number of nitrogens with one attached hydrogen (secondary N) is 2. The lowest BCUT2D eigenvalue weighted by Crippen LogP contribution is -2.40. The number of carbonyl (C=O) groups excluding carboxylic acids is 1. The molecule has 8 heteroatoms. The number of hydrogen-bond donors (Lipinski definition) is 2. The zero-order valence-corrected chi connectivity index (χ0v) is 14.0. The molecule has 0 saturated heterocycles. The Hall–Kier alpha value is -1.80. The highest BCUT2D eigenvalue weighted by atomic mass is 32.2. The number of rotatable bonds is 8. The van der Waals surface area contributed by atoms with E-state index in [0.29, 0.717) is 11.5 Å². The van der Waals surface area contributed by atoms with Crippen LogP contribution < -0.4 is 19.5 Å². The van der Waals surface area contributed by atoms with E-state index in [-0.39, 0.29) is 23.4 Å². The summed E-state index contributed by atoms with van der Waals surface area (Å²) in [5.41, 5.74) is 0. The topological polar surface area (TPSA) is 93.7 Å². The summed E-state index contributed by atoms with van der Waals surface area (Å²) in [4.78, 5) is 11.6. The van der Waals surface area contributed by atoms with Gasteiger partial charge in [-0.3, -0.25) is 4.79 Å². The van der Waals surface area contributed by atoms with Crippen LogP contribution in [0.15, 0.2) is 23.1 Å². The number of carbonyl (C=O) groups is 1. The Labute approximate surface area is 131 Å². The van der Waals surface area contributed by atoms with Crippen LogP contribution >= 0.6 is 0 Å². The largest absolute Gasteiger partial charge is 0.493 e. The molecule has 0 unspecified atom stereocenters. The van der Waals surface area contributed by atoms with E-state index in [0.717, 1.165) is 6.42 Å². The van der Waals surface area contributed by atoms with Gasteiger partial charge in [0.25, 0.3) is 0 Å². The van der Waals surface area contributed by atoms with E-state index in [9.17, 15) is 13.2 Å². The molecule has 0 aliphatic heterocycles. The first-order valence-corrected chi connectivity index (χ1v) is 8.33. The van der Waals surface area contributed by atoms with Crippen molar-refractivity contribution in [2.75, 3.05) is 20.8 Å². The maximum absolute atomic E-state index is 12.2. The fourth-order valence-corrected chi connectivity index (χ4v) is 2.65. The summed E-state index contributed by atoms with van der Waals surface area (Å²) in [5.74, 6) is 0.351. The fourth-order valence-electron chi connectivity index (χ4n) is 1.66. The third-order valence-electron chi connectivity index (χ3n) is 3.11. The van der Waals surface area contributed by atoms with Crippen molar-refractivity contribution < 1.29 is 22.7 Å². The summed E-state index contributed by atoms with van der Waals surface area (Å²) >= 11 is 0. The normalized spacial score (nSPS) is 12.5. The van der Waals surface area contributed by atoms with Gasteiger partial charge in [0.05, 0.1) is 25.7 Å². The zero-order chi connectivity index (χ0) is 16.8. The van der Waals surface area contributed by atoms with Crippen LogP contribution in [-0.2, 0) is 14.8 Å². The average Bonchev–Trinajstić information content (AvgIpc) is 2.52. The molecule has 1 aromatic rings. The minimum absolute atomic E-state index is 0.00138. The molecule has 1 aromatic carbocycles. The summed E-state index contributed by atoms with van der Waals surface area (Å²) in [6, 6.07) is 4.22. The third-order valence-corrected chi connectivity index (χ3v) is 4.51. The highest BCUT2D eigenvalue weighted by molar-refractivity contribution is 7.89. The summed E-state index contributed by atoms with van der Waals surface area (Å²) in [7, 11) is -0.922. The van der Waals surface area contributed by atoms with E-state index in [2.05, 4.69) is 10.0 Å². The van der Waals surface area contributed by atoms with Crippen molar-refractivity contribution in [2.45, 2.75) is 31.2 Å². The monoisotopic (exact) mass is 330 g/mol. The minimum Gasteiger partial charge on any atom is -0.493 e. The van der Waals surface area contributed by atoms with Gasteiger partial charge in [-0.1, -0.05) is 6.92 Å². The smallest absolute Gasteiger partial charge is 0.241 e. The summed E-state index contributed by atoms with van der Waals surface area (Å²) in [6.07, 6.45) is 0.772. The standard InChI is InChI=1S/C14H22N2O5S/c1-5-10(2)16-14(17)9-15-22(18,19)11-6-7-12(20-3)13(8-11)21-4/h6-8,10,15H,5,9H2,1-4H3,(H,16,17)/t10-/m0/s1. The first kappa shape index (κ1) is 18.2. The molecule has 0 aromatic heterocycles. The van der Waals surface area contributed by atoms with E-state index in [1.54, 1.807) is 0 Å². The predicted octanol–water partition coefficient (Wildman–Crippen LogP) is 0.897. The van der Waals surface area contributed by atoms with Gasteiger partial charge in [0, 0.05) is 12.1 Å². The number of sulfonamides is 1. The Morgan fingerprint density at radius 2 is 1.86 bits per heavy atom. The van der Waals surface area contributed by atoms with Gasteiger partial charge in [-0.25, -0.2) is 13.1 Å². The van der Waals surface area contributed by atoms with Crippen LogP contribution in [0.2, 0.25) is 0 Å². The zero-order valence-electron chi connectivity index (χ0n) is 13.2. The van der Waals surface area contributed by atoms with Crippen LogP contribution in [0, 0.1) is 0 Å². The van der Waals surface area contributed by atoms with E-state index in [1.807, 2.05) is 13.8 Å². The molecule has 1 rings (SSSR count). The second-order valence-corrected chi connectivity index (χ2v) is 6.49. The van der Waals surface area contributed by atoms with Crippen LogP contribution in [0.3, 0.4) is 0 Å². The van der Waals surface area contributed by atoms with Gasteiger partial charge in [-0.05, 0) is 25.5 Å². The first-order chi connectivity index (χ1) is 10.3. The second-order valence-electron chi connectivity index (χ2n) is 4.72. The lowest BCUT2D eigenvalue weighted by molar-refractivity contribution is -0.120. The number of amides is 1. The van der Waals surface area contributed by atoms with Crippen LogP contribution in [0.25, 0.3) is 0 Å². The van der Waals surface area contributed by atoms with Crippen molar-refractivity contribution >= 4 is 15.9 Å². The average molecular weight is 330 g/mol. The van der Waals surface area contributed by atoms with Crippen molar-refractivity contribution in [3.8, 4) is 11.5 Å². The fraction of sp³-hybridized carbons (Fsp3) is 0.500. The lowest BCUT2D eigenvalue weighted by atomic mass is 10.2. The maximum atomic E-state index is 12.2. The van der Waals surface area contributed by atoms with E-state index >= 15 is 0 Å². The molecule has 0 bridgehead atoms. The Morgan fingerprint density at radius 3 is 2.41 bits per heavy atom. The van der Waals surface area contributed by atoms with Crippen LogP contribution in [0.4, 0.5) is 0 Å². The highest BCUT2D eigenvalue weighted by Crippen LogP contribution is 2.29. The van der Waals surface area contributed by atoms with Crippen LogP contribution in [0.5, 0.6) is 11.5 Å². The van der Waals surface area contributed by atoms with Crippen LogP contribution in [0.1, 0.15) is 20.3 Å². The van der Waals surface area contributed by atoms with Crippen molar-refractivity contribution in [2.24, 2.45) is 0 Å². The van der Waals surface area contributed by atoms with Gasteiger partial charge in [0.2, 0.25) is 15.9 Å². The predicted molar refractivity (Wildman–Crippen MR) is 82.6 cm³/mol. The molecular formula is C14H22N2O5S. The Kier molecular flexibility index (Phi) is 6.63. The molecule has 0 heterocycles. The number of benzene rings is 1. The van der Waals surface area contributed by atoms with E-state index < -0.39 is 10.0 Å². The molecule has 0 radical (unpaired) electrons. The molecule has 22 heavy (non-hydrogen) atoms. The Balaban J connectivity index is 2.80. The summed E-state index contributed by atoms with van der Waals surface area (Å²) < 4.78 is 36.7. The van der Waals surface area contributed by atoms with Gasteiger partial charge in [0.1, 0.15) is 0 Å². The number of ether oxygens (including phenoxy) is 2. The maximum Gasteiger partial charge on any atom is 0.241 e. The van der Waals surface area contributed by atoms with Crippen LogP contribution in [-0.4, -0.2) is 41.1 Å². The van der Waals surface area contributed by atoms with E-state index in [4.69, 9.17) is 9.47 Å². The van der Waals surface area contributed by atoms with Crippen molar-refractivity contribution in [1.82, 2.24) is 10.0 Å². The Bertz CT molecular complexity index is 616. The summed E-state index contributed by atoms with van der Waals surface area (Å²) in [5, 5.41) is 2.68. The number of methoxy groups -OCH3 is 2. The SMILES string of the molecule is CC[C@H](C)NC(=O)CNS(=O)(=O)c1ccc(OC)c(OC)c1. The van der Waals surface area contributed by atoms with Crippen molar-refractivity contribution in [1.29, 1.82) is 0 Å². The molecule has 0 aliphatic carbocycles. The Morgan fingerprint density at radius 1 is 1.23 bits per heavy atom. The molecule has 0 saturated carbocycles. The third kappa shape index (κ3) is 4.88. The number of hydrogen-bond acceptors (Lipinski definition) is 5. The van der Waals surface area contributed by atoms with Crippen molar-refractivity contribution in [3.63, 3.8) is 0 Å². The molecular weight excluding hydrogens is 308 g/mol. The van der Waals surface area contributed by atoms with Gasteiger partial charge in [-0.15, -0.1) is 0 Å². The molecule has 124 valence electrons. The highest BCUT2D eigenvalue weighted by Gasteiger charge is 2.18. The van der Waals surface area contributed by atoms with Gasteiger partial charge >= 0.3 is 0 Å². The molecule has 2 N–H and O–H groups in total. The minimum atomic E-state index is -3.80. The molecule has 1 atom stereocenters. The van der Waals surface area contributed by atoms with Gasteiger partial charge < -0.3 is 14.8 Å². The first-order valence-electron chi connectivity index (χ1n) is 6.85. The van der Waals surface area contributed by atoms with Gasteiger partial charge in [0.15, 0.2) is 11.5 Å². The second kappa shape index (κ2) is 8.00. The molecule has 7 nitrogen and oxygen atoms in total. The van der Waals surface area contributed by atoms with Gasteiger partial charge in [-0.2, -0.15) is 0 Å². The van der Waals surface area contributed by atoms with Crippen molar-refractivity contribution in [3.05, 3.63) is 18.2 Å². The molecule has 0 fully saturated rings. The quantitative estimate of drug-likeness (QED) is 0.738. The molecule has 1 amide bonds. The molecule has 0 spiro atoms. The van der Waals surface area contributed by atoms with E-state index in [1.165, 1.54) is 32.4 Å². The summed E-state index contributed by atoms with van der Waals surface area (Å²) in [6.45, 7) is 3.46. The lowest BCUT2D eigenvalue weighted by Gasteiger charge is -2.13. The molecule has 0 aliphatic rings.